The van der Waals surface area contributed by atoms with Gasteiger partial charge in [-0.15, -0.1) is 0 Å². The summed E-state index contributed by atoms with van der Waals surface area (Å²) in [5, 5.41) is 2.47. The van der Waals surface area contributed by atoms with E-state index in [-0.39, 0.29) is 18.3 Å². The van der Waals surface area contributed by atoms with E-state index < -0.39 is 5.91 Å². The Hall–Kier alpha value is -2.08. The third kappa shape index (κ3) is 2.12. The smallest absolute Gasteiger partial charge is 0.301 e. The number of nitrogens with two attached hydrogens (primary N) is 1. The van der Waals surface area contributed by atoms with E-state index in [0.29, 0.717) is 11.5 Å². The van der Waals surface area contributed by atoms with Gasteiger partial charge in [0.25, 0.3) is 5.91 Å². The zero-order valence-corrected chi connectivity index (χ0v) is 8.69. The van der Waals surface area contributed by atoms with E-state index >= 15 is 0 Å². The molecule has 84 valence electrons. The minimum absolute atomic E-state index is 0.146. The molecule has 0 spiro atoms. The maximum Gasteiger partial charge on any atom is 0.301 e. The van der Waals surface area contributed by atoms with Crippen LogP contribution in [0.15, 0.2) is 27.2 Å². The molecule has 16 heavy (non-hydrogen) atoms. The number of nitrogens with one attached hydrogen (secondary N) is 1. The summed E-state index contributed by atoms with van der Waals surface area (Å²) in [5.41, 5.74) is 6.05. The van der Waals surface area contributed by atoms with Crippen LogP contribution in [-0.4, -0.2) is 10.9 Å². The standard InChI is InChI=1S/C10H11N3O3/c1-6-5-15-10(12-6)13-9(14)8-3-2-7(4-11)16-8/h2-3,5H,4,11H2,1H3,(H,12,13,14). The predicted molar refractivity (Wildman–Crippen MR) is 55.8 cm³/mol. The second-order valence-electron chi connectivity index (χ2n) is 3.22. The fourth-order valence-corrected chi connectivity index (χ4v) is 1.18. The van der Waals surface area contributed by atoms with Crippen LogP contribution in [0.3, 0.4) is 0 Å². The fourth-order valence-electron chi connectivity index (χ4n) is 1.18. The second kappa shape index (κ2) is 4.19. The number of furan rings is 1. The summed E-state index contributed by atoms with van der Waals surface area (Å²) >= 11 is 0. The average Bonchev–Trinajstić information content (AvgIpc) is 2.87. The van der Waals surface area contributed by atoms with Crippen LogP contribution in [0, 0.1) is 6.92 Å². The summed E-state index contributed by atoms with van der Waals surface area (Å²) in [7, 11) is 0. The van der Waals surface area contributed by atoms with Gasteiger partial charge in [-0.3, -0.25) is 10.1 Å². The molecule has 0 saturated heterocycles. The van der Waals surface area contributed by atoms with Gasteiger partial charge in [0, 0.05) is 0 Å². The van der Waals surface area contributed by atoms with Gasteiger partial charge in [0.1, 0.15) is 12.0 Å². The summed E-state index contributed by atoms with van der Waals surface area (Å²) in [6.07, 6.45) is 1.45. The molecule has 2 rings (SSSR count). The quantitative estimate of drug-likeness (QED) is 0.814. The normalized spacial score (nSPS) is 10.4. The number of amides is 1. The molecule has 6 heteroatoms. The molecule has 1 amide bonds. The topological polar surface area (TPSA) is 94.3 Å². The summed E-state index contributed by atoms with van der Waals surface area (Å²) < 4.78 is 10.1. The molecule has 0 aromatic carbocycles. The SMILES string of the molecule is Cc1coc(NC(=O)c2ccc(CN)o2)n1. The number of carbonyl (C=O) groups is 1. The maximum absolute atomic E-state index is 11.6. The van der Waals surface area contributed by atoms with Crippen LogP contribution in [0.2, 0.25) is 0 Å². The van der Waals surface area contributed by atoms with Crippen molar-refractivity contribution in [2.75, 3.05) is 5.32 Å². The van der Waals surface area contributed by atoms with Gasteiger partial charge >= 0.3 is 6.01 Å². The number of aryl methyl sites for hydroxylation is 1. The lowest BCUT2D eigenvalue weighted by Crippen LogP contribution is -2.11. The van der Waals surface area contributed by atoms with Crippen molar-refractivity contribution in [2.45, 2.75) is 13.5 Å². The number of hydrogen-bond acceptors (Lipinski definition) is 5. The number of aromatic nitrogens is 1. The van der Waals surface area contributed by atoms with Crippen molar-refractivity contribution in [2.24, 2.45) is 5.73 Å². The minimum Gasteiger partial charge on any atom is -0.455 e. The molecule has 0 aliphatic carbocycles. The van der Waals surface area contributed by atoms with Crippen molar-refractivity contribution in [1.29, 1.82) is 0 Å². The number of anilines is 1. The van der Waals surface area contributed by atoms with Crippen molar-refractivity contribution < 1.29 is 13.6 Å². The Kier molecular flexibility index (Phi) is 2.74. The molecular weight excluding hydrogens is 210 g/mol. The first kappa shape index (κ1) is 10.4. The number of rotatable bonds is 3. The molecule has 0 aliphatic rings. The van der Waals surface area contributed by atoms with Gasteiger partial charge in [-0.25, -0.2) is 0 Å². The molecule has 0 bridgehead atoms. The van der Waals surface area contributed by atoms with Gasteiger partial charge in [-0.05, 0) is 19.1 Å². The van der Waals surface area contributed by atoms with E-state index in [1.807, 2.05) is 0 Å². The largest absolute Gasteiger partial charge is 0.455 e. The molecule has 0 unspecified atom stereocenters. The van der Waals surface area contributed by atoms with Crippen LogP contribution < -0.4 is 11.1 Å². The Morgan fingerprint density at radius 2 is 2.38 bits per heavy atom. The number of carbonyl (C=O) groups excluding carboxylic acids is 1. The lowest BCUT2D eigenvalue weighted by Gasteiger charge is -1.96. The zero-order chi connectivity index (χ0) is 11.5. The molecule has 0 aliphatic heterocycles. The molecule has 0 saturated carbocycles. The van der Waals surface area contributed by atoms with E-state index in [4.69, 9.17) is 14.6 Å². The first-order valence-corrected chi connectivity index (χ1v) is 4.71. The molecule has 0 fully saturated rings. The van der Waals surface area contributed by atoms with Crippen LogP contribution in [0.5, 0.6) is 0 Å². The third-order valence-corrected chi connectivity index (χ3v) is 1.93. The van der Waals surface area contributed by atoms with Crippen molar-refractivity contribution in [3.05, 3.63) is 35.6 Å². The Morgan fingerprint density at radius 3 is 2.94 bits per heavy atom. The summed E-state index contributed by atoms with van der Waals surface area (Å²) in [5.74, 6) is 0.312. The van der Waals surface area contributed by atoms with E-state index in [0.717, 1.165) is 0 Å². The van der Waals surface area contributed by atoms with Crippen molar-refractivity contribution in [3.8, 4) is 0 Å². The van der Waals surface area contributed by atoms with Crippen LogP contribution in [0.4, 0.5) is 6.01 Å². The fraction of sp³-hybridized carbons (Fsp3) is 0.200. The molecule has 3 N–H and O–H groups in total. The Labute approximate surface area is 91.4 Å². The van der Waals surface area contributed by atoms with Gasteiger partial charge in [-0.2, -0.15) is 4.98 Å². The third-order valence-electron chi connectivity index (χ3n) is 1.93. The molecule has 2 aromatic heterocycles. The summed E-state index contributed by atoms with van der Waals surface area (Å²) in [6.45, 7) is 2.02. The maximum atomic E-state index is 11.6. The highest BCUT2D eigenvalue weighted by Gasteiger charge is 2.13. The van der Waals surface area contributed by atoms with E-state index in [9.17, 15) is 4.79 Å². The minimum atomic E-state index is -0.415. The molecule has 0 atom stereocenters. The highest BCUT2D eigenvalue weighted by Crippen LogP contribution is 2.11. The second-order valence-corrected chi connectivity index (χ2v) is 3.22. The highest BCUT2D eigenvalue weighted by atomic mass is 16.4. The molecule has 2 heterocycles. The zero-order valence-electron chi connectivity index (χ0n) is 8.69. The molecule has 0 radical (unpaired) electrons. The summed E-state index contributed by atoms with van der Waals surface area (Å²) in [6, 6.07) is 3.34. The number of oxazole rings is 1. The molecular formula is C10H11N3O3. The van der Waals surface area contributed by atoms with Gasteiger partial charge in [0.2, 0.25) is 0 Å². The lowest BCUT2D eigenvalue weighted by molar-refractivity contribution is 0.0992. The van der Waals surface area contributed by atoms with Crippen molar-refractivity contribution in [1.82, 2.24) is 4.98 Å². The first-order chi connectivity index (χ1) is 7.69. The first-order valence-electron chi connectivity index (χ1n) is 4.71. The lowest BCUT2D eigenvalue weighted by atomic mass is 10.4. The Balaban J connectivity index is 2.08. The van der Waals surface area contributed by atoms with E-state index in [2.05, 4.69) is 10.3 Å². The molecule has 2 aromatic rings. The van der Waals surface area contributed by atoms with Gasteiger partial charge < -0.3 is 14.6 Å². The predicted octanol–water partition coefficient (Wildman–Crippen LogP) is 1.29. The average molecular weight is 221 g/mol. The van der Waals surface area contributed by atoms with Gasteiger partial charge in [0.05, 0.1) is 12.2 Å². The Bertz CT molecular complexity index is 501. The van der Waals surface area contributed by atoms with Crippen molar-refractivity contribution in [3.63, 3.8) is 0 Å². The van der Waals surface area contributed by atoms with Crippen molar-refractivity contribution >= 4 is 11.9 Å². The van der Waals surface area contributed by atoms with E-state index in [1.165, 1.54) is 6.26 Å². The highest BCUT2D eigenvalue weighted by molar-refractivity contribution is 6.00. The van der Waals surface area contributed by atoms with Gasteiger partial charge in [-0.1, -0.05) is 0 Å². The van der Waals surface area contributed by atoms with Crippen LogP contribution in [0.25, 0.3) is 0 Å². The van der Waals surface area contributed by atoms with Crippen LogP contribution in [-0.2, 0) is 6.54 Å². The number of hydrogen-bond donors (Lipinski definition) is 2. The Morgan fingerprint density at radius 1 is 1.56 bits per heavy atom. The molecule has 6 nitrogen and oxygen atoms in total. The van der Waals surface area contributed by atoms with E-state index in [1.54, 1.807) is 19.1 Å². The monoisotopic (exact) mass is 221 g/mol. The number of nitrogens with zero attached hydrogens (tertiary/aromatic N) is 1. The van der Waals surface area contributed by atoms with Crippen LogP contribution >= 0.6 is 0 Å². The van der Waals surface area contributed by atoms with Crippen LogP contribution in [0.1, 0.15) is 22.0 Å². The summed E-state index contributed by atoms with van der Waals surface area (Å²) in [4.78, 5) is 15.5. The van der Waals surface area contributed by atoms with Gasteiger partial charge in [0.15, 0.2) is 5.76 Å².